The molecule has 0 saturated carbocycles. The van der Waals surface area contributed by atoms with E-state index in [9.17, 15) is 14.4 Å². The molecule has 1 aliphatic rings. The molecule has 2 N–H and O–H groups in total. The van der Waals surface area contributed by atoms with Crippen LogP contribution in [0.1, 0.15) is 25.3 Å². The predicted octanol–water partition coefficient (Wildman–Crippen LogP) is 0.882. The lowest BCUT2D eigenvalue weighted by atomic mass is 10.0. The van der Waals surface area contributed by atoms with Crippen LogP contribution >= 0.6 is 0 Å². The van der Waals surface area contributed by atoms with Gasteiger partial charge < -0.3 is 10.6 Å². The maximum atomic E-state index is 12.0. The van der Waals surface area contributed by atoms with Gasteiger partial charge in [0.2, 0.25) is 17.7 Å². The number of nitrogens with zero attached hydrogens (tertiary/aromatic N) is 1. The number of carbonyl (C=O) groups is 3. The summed E-state index contributed by atoms with van der Waals surface area (Å²) in [6.45, 7) is 1.91. The van der Waals surface area contributed by atoms with Gasteiger partial charge in [-0.05, 0) is 18.1 Å². The van der Waals surface area contributed by atoms with Gasteiger partial charge in [0.1, 0.15) is 0 Å². The van der Waals surface area contributed by atoms with Crippen molar-refractivity contribution in [1.82, 2.24) is 10.2 Å². The van der Waals surface area contributed by atoms with Crippen molar-refractivity contribution in [2.24, 2.45) is 0 Å². The Hall–Kier alpha value is -2.21. The summed E-state index contributed by atoms with van der Waals surface area (Å²) in [6, 6.07) is 7.06. The summed E-state index contributed by atoms with van der Waals surface area (Å²) >= 11 is 0. The van der Waals surface area contributed by atoms with E-state index in [1.807, 2.05) is 24.3 Å². The molecule has 1 atom stereocenters. The molecule has 1 aromatic rings. The lowest BCUT2D eigenvalue weighted by Gasteiger charge is -2.28. The minimum Gasteiger partial charge on any atom is -0.326 e. The molecular formula is C15H19N3O3. The summed E-state index contributed by atoms with van der Waals surface area (Å²) in [6.07, 6.45) is 0.873. The number of likely N-dealkylation sites (tertiary alicyclic amines) is 1. The number of nitrogens with one attached hydrogen (secondary N) is 2. The van der Waals surface area contributed by atoms with Crippen molar-refractivity contribution in [3.8, 4) is 0 Å². The highest BCUT2D eigenvalue weighted by Crippen LogP contribution is 2.17. The number of hydrogen-bond donors (Lipinski definition) is 2. The molecule has 1 unspecified atom stereocenters. The zero-order valence-corrected chi connectivity index (χ0v) is 12.2. The number of likely N-dealkylation sites (N-methyl/N-ethyl adjacent to an activating group) is 1. The van der Waals surface area contributed by atoms with Crippen molar-refractivity contribution in [2.45, 2.75) is 32.4 Å². The second kappa shape index (κ2) is 6.49. The van der Waals surface area contributed by atoms with Crippen LogP contribution < -0.4 is 10.6 Å². The summed E-state index contributed by atoms with van der Waals surface area (Å²) in [7, 11) is 1.50. The molecule has 6 nitrogen and oxygen atoms in total. The number of benzene rings is 1. The average Bonchev–Trinajstić information content (AvgIpc) is 2.45. The Morgan fingerprint density at radius 2 is 2.05 bits per heavy atom. The van der Waals surface area contributed by atoms with Gasteiger partial charge in [-0.2, -0.15) is 0 Å². The minimum atomic E-state index is -0.363. The van der Waals surface area contributed by atoms with E-state index in [2.05, 4.69) is 10.6 Å². The summed E-state index contributed by atoms with van der Waals surface area (Å²) in [4.78, 5) is 35.8. The van der Waals surface area contributed by atoms with E-state index < -0.39 is 0 Å². The van der Waals surface area contributed by atoms with Crippen LogP contribution in [0.3, 0.4) is 0 Å². The maximum absolute atomic E-state index is 12.0. The molecule has 0 radical (unpaired) electrons. The van der Waals surface area contributed by atoms with Gasteiger partial charge in [-0.25, -0.2) is 0 Å². The number of para-hydroxylation sites is 1. The fraction of sp³-hybridized carbons (Fsp3) is 0.400. The van der Waals surface area contributed by atoms with Crippen molar-refractivity contribution in [3.63, 3.8) is 0 Å². The highest BCUT2D eigenvalue weighted by Gasteiger charge is 2.31. The third-order valence-corrected chi connectivity index (χ3v) is 3.52. The Morgan fingerprint density at radius 1 is 1.33 bits per heavy atom. The van der Waals surface area contributed by atoms with Crippen molar-refractivity contribution in [1.29, 1.82) is 0 Å². The standard InChI is InChI=1S/C15H19N3O3/c1-10(19)17-12-6-4-3-5-11(12)9-16-13-7-8-14(20)18(2)15(13)21/h3-6,13,16H,7-9H2,1-2H3,(H,17,19). The van der Waals surface area contributed by atoms with Gasteiger partial charge in [0, 0.05) is 32.6 Å². The molecule has 112 valence electrons. The molecule has 0 bridgehead atoms. The molecule has 1 aromatic carbocycles. The zero-order valence-electron chi connectivity index (χ0n) is 12.2. The molecular weight excluding hydrogens is 270 g/mol. The quantitative estimate of drug-likeness (QED) is 0.807. The molecule has 6 heteroatoms. The summed E-state index contributed by atoms with van der Waals surface area (Å²) in [5, 5.41) is 5.92. The van der Waals surface area contributed by atoms with E-state index in [4.69, 9.17) is 0 Å². The Labute approximate surface area is 123 Å². The lowest BCUT2D eigenvalue weighted by Crippen LogP contribution is -2.51. The van der Waals surface area contributed by atoms with Crippen molar-refractivity contribution >= 4 is 23.4 Å². The Balaban J connectivity index is 2.02. The van der Waals surface area contributed by atoms with Crippen LogP contribution in [0.25, 0.3) is 0 Å². The van der Waals surface area contributed by atoms with E-state index in [1.54, 1.807) is 0 Å². The van der Waals surface area contributed by atoms with Crippen molar-refractivity contribution < 1.29 is 14.4 Å². The molecule has 21 heavy (non-hydrogen) atoms. The first-order valence-corrected chi connectivity index (χ1v) is 6.88. The molecule has 0 aromatic heterocycles. The van der Waals surface area contributed by atoms with Crippen LogP contribution in [-0.4, -0.2) is 35.7 Å². The van der Waals surface area contributed by atoms with Gasteiger partial charge in [0.05, 0.1) is 6.04 Å². The largest absolute Gasteiger partial charge is 0.326 e. The van der Waals surface area contributed by atoms with Crippen LogP contribution in [-0.2, 0) is 20.9 Å². The van der Waals surface area contributed by atoms with E-state index in [-0.39, 0.29) is 23.8 Å². The van der Waals surface area contributed by atoms with E-state index >= 15 is 0 Å². The van der Waals surface area contributed by atoms with Gasteiger partial charge in [0.15, 0.2) is 0 Å². The van der Waals surface area contributed by atoms with Crippen LogP contribution in [0.15, 0.2) is 24.3 Å². The number of amides is 3. The number of hydrogen-bond acceptors (Lipinski definition) is 4. The normalized spacial score (nSPS) is 18.8. The number of rotatable bonds is 4. The third-order valence-electron chi connectivity index (χ3n) is 3.52. The topological polar surface area (TPSA) is 78.5 Å². The van der Waals surface area contributed by atoms with Crippen molar-refractivity contribution in [3.05, 3.63) is 29.8 Å². The van der Waals surface area contributed by atoms with E-state index in [0.717, 1.165) is 11.3 Å². The SMILES string of the molecule is CC(=O)Nc1ccccc1CNC1CCC(=O)N(C)C1=O. The fourth-order valence-electron chi connectivity index (χ4n) is 2.32. The number of carbonyl (C=O) groups excluding carboxylic acids is 3. The number of anilines is 1. The summed E-state index contributed by atoms with van der Waals surface area (Å²) in [5.41, 5.74) is 1.63. The predicted molar refractivity (Wildman–Crippen MR) is 78.4 cm³/mol. The molecule has 1 fully saturated rings. The monoisotopic (exact) mass is 289 g/mol. The second-order valence-electron chi connectivity index (χ2n) is 5.10. The van der Waals surface area contributed by atoms with Crippen molar-refractivity contribution in [2.75, 3.05) is 12.4 Å². The van der Waals surface area contributed by atoms with Gasteiger partial charge in [-0.15, -0.1) is 0 Å². The number of imide groups is 1. The zero-order chi connectivity index (χ0) is 15.4. The maximum Gasteiger partial charge on any atom is 0.246 e. The van der Waals surface area contributed by atoms with Gasteiger partial charge >= 0.3 is 0 Å². The number of piperidine rings is 1. The Morgan fingerprint density at radius 3 is 2.76 bits per heavy atom. The molecule has 0 spiro atoms. The highest BCUT2D eigenvalue weighted by molar-refractivity contribution is 6.00. The van der Waals surface area contributed by atoms with E-state index in [1.165, 1.54) is 18.9 Å². The van der Waals surface area contributed by atoms with Crippen LogP contribution in [0.5, 0.6) is 0 Å². The molecule has 1 aliphatic heterocycles. The smallest absolute Gasteiger partial charge is 0.246 e. The second-order valence-corrected chi connectivity index (χ2v) is 5.10. The first-order valence-electron chi connectivity index (χ1n) is 6.88. The summed E-state index contributed by atoms with van der Waals surface area (Å²) < 4.78 is 0. The summed E-state index contributed by atoms with van der Waals surface area (Å²) in [5.74, 6) is -0.485. The first kappa shape index (κ1) is 15.2. The minimum absolute atomic E-state index is 0.137. The molecule has 3 amide bonds. The molecule has 0 aliphatic carbocycles. The van der Waals surface area contributed by atoms with Gasteiger partial charge in [0.25, 0.3) is 0 Å². The van der Waals surface area contributed by atoms with Crippen LogP contribution in [0.4, 0.5) is 5.69 Å². The lowest BCUT2D eigenvalue weighted by molar-refractivity contribution is -0.148. The Kier molecular flexibility index (Phi) is 4.70. The third kappa shape index (κ3) is 3.66. The van der Waals surface area contributed by atoms with Crippen LogP contribution in [0.2, 0.25) is 0 Å². The first-order chi connectivity index (χ1) is 9.99. The molecule has 1 heterocycles. The van der Waals surface area contributed by atoms with E-state index in [0.29, 0.717) is 19.4 Å². The fourth-order valence-corrected chi connectivity index (χ4v) is 2.32. The highest BCUT2D eigenvalue weighted by atomic mass is 16.2. The molecule has 1 saturated heterocycles. The van der Waals surface area contributed by atoms with Crippen LogP contribution in [0, 0.1) is 0 Å². The molecule has 2 rings (SSSR count). The Bertz CT molecular complexity index is 571. The van der Waals surface area contributed by atoms with Gasteiger partial charge in [-0.3, -0.25) is 19.3 Å². The van der Waals surface area contributed by atoms with Gasteiger partial charge in [-0.1, -0.05) is 18.2 Å². The average molecular weight is 289 g/mol.